The molecule has 0 aromatic heterocycles. The Morgan fingerprint density at radius 3 is 2.10 bits per heavy atom. The van der Waals surface area contributed by atoms with Gasteiger partial charge < -0.3 is 5.11 Å². The highest BCUT2D eigenvalue weighted by Crippen LogP contribution is 2.29. The maximum atomic E-state index is 12.0. The molecule has 0 atom stereocenters. The Morgan fingerprint density at radius 2 is 1.57 bits per heavy atom. The molecule has 2 nitrogen and oxygen atoms in total. The zero-order chi connectivity index (χ0) is 15.6. The van der Waals surface area contributed by atoms with Crippen molar-refractivity contribution in [2.24, 2.45) is 0 Å². The van der Waals surface area contributed by atoms with E-state index < -0.39 is 5.60 Å². The van der Waals surface area contributed by atoms with E-state index in [9.17, 15) is 9.90 Å². The van der Waals surface area contributed by atoms with Crippen molar-refractivity contribution in [3.05, 3.63) is 59.7 Å². The van der Waals surface area contributed by atoms with Gasteiger partial charge in [0.25, 0.3) is 0 Å². The number of aliphatic hydroxyl groups is 1. The number of rotatable bonds is 4. The number of ketones is 1. The second-order valence-corrected chi connectivity index (χ2v) is 6.21. The van der Waals surface area contributed by atoms with Crippen LogP contribution in [0.25, 0.3) is 11.1 Å². The summed E-state index contributed by atoms with van der Waals surface area (Å²) >= 11 is 0. The van der Waals surface area contributed by atoms with Gasteiger partial charge >= 0.3 is 0 Å². The zero-order valence-electron chi connectivity index (χ0n) is 13.1. The predicted molar refractivity (Wildman–Crippen MR) is 86.6 cm³/mol. The molecule has 2 aromatic carbocycles. The van der Waals surface area contributed by atoms with E-state index in [4.69, 9.17) is 0 Å². The van der Waals surface area contributed by atoms with Crippen molar-refractivity contribution in [1.29, 1.82) is 0 Å². The molecule has 0 bridgehead atoms. The summed E-state index contributed by atoms with van der Waals surface area (Å²) in [5, 5.41) is 9.79. The van der Waals surface area contributed by atoms with Crippen LogP contribution in [0.2, 0.25) is 0 Å². The fourth-order valence-electron chi connectivity index (χ4n) is 2.42. The number of Topliss-reactive ketones (excluding diaryl/α,β-unsaturated/α-hetero) is 1. The summed E-state index contributed by atoms with van der Waals surface area (Å²) in [5.41, 5.74) is 2.77. The van der Waals surface area contributed by atoms with E-state index in [1.54, 1.807) is 12.1 Å². The van der Waals surface area contributed by atoms with Crippen molar-refractivity contribution in [1.82, 2.24) is 0 Å². The zero-order valence-corrected chi connectivity index (χ0v) is 13.1. The van der Waals surface area contributed by atoms with Gasteiger partial charge in [-0.25, -0.2) is 0 Å². The molecule has 0 saturated heterocycles. The van der Waals surface area contributed by atoms with E-state index in [-0.39, 0.29) is 5.78 Å². The summed E-state index contributed by atoms with van der Waals surface area (Å²) in [6, 6.07) is 15.8. The van der Waals surface area contributed by atoms with Crippen LogP contribution >= 0.6 is 0 Å². The van der Waals surface area contributed by atoms with Crippen LogP contribution < -0.4 is 0 Å². The lowest BCUT2D eigenvalue weighted by Gasteiger charge is -2.16. The number of carbonyl (C=O) groups is 1. The van der Waals surface area contributed by atoms with Gasteiger partial charge in [0.2, 0.25) is 0 Å². The van der Waals surface area contributed by atoms with E-state index in [0.29, 0.717) is 11.5 Å². The lowest BCUT2D eigenvalue weighted by molar-refractivity contribution is 0.0488. The van der Waals surface area contributed by atoms with Crippen LogP contribution in [0.1, 0.15) is 49.5 Å². The summed E-state index contributed by atoms with van der Waals surface area (Å²) in [6.07, 6.45) is 0. The first-order valence-electron chi connectivity index (χ1n) is 7.27. The van der Waals surface area contributed by atoms with Gasteiger partial charge in [-0.3, -0.25) is 4.79 Å². The van der Waals surface area contributed by atoms with E-state index in [1.165, 1.54) is 25.0 Å². The Bertz CT molecular complexity index is 631. The summed E-state index contributed by atoms with van der Waals surface area (Å²) in [7, 11) is 0. The van der Waals surface area contributed by atoms with E-state index in [0.717, 1.165) is 5.56 Å². The van der Waals surface area contributed by atoms with Crippen LogP contribution in [0.4, 0.5) is 0 Å². The molecule has 2 aromatic rings. The van der Waals surface area contributed by atoms with Crippen LogP contribution in [-0.4, -0.2) is 16.5 Å². The molecule has 0 heterocycles. The first-order chi connectivity index (χ1) is 9.80. The molecule has 0 saturated carbocycles. The van der Waals surface area contributed by atoms with Gasteiger partial charge in [-0.05, 0) is 36.5 Å². The van der Waals surface area contributed by atoms with Gasteiger partial charge in [-0.2, -0.15) is 0 Å². The molecule has 0 aliphatic carbocycles. The highest BCUT2D eigenvalue weighted by molar-refractivity contribution is 6.02. The smallest absolute Gasteiger partial charge is 0.193 e. The van der Waals surface area contributed by atoms with Crippen LogP contribution in [0.15, 0.2) is 48.5 Å². The second-order valence-electron chi connectivity index (χ2n) is 6.21. The first kappa shape index (κ1) is 15.5. The molecule has 2 heteroatoms. The van der Waals surface area contributed by atoms with Crippen molar-refractivity contribution in [3.63, 3.8) is 0 Å². The first-order valence-corrected chi connectivity index (χ1v) is 7.27. The van der Waals surface area contributed by atoms with Gasteiger partial charge in [-0.15, -0.1) is 0 Å². The topological polar surface area (TPSA) is 37.3 Å². The summed E-state index contributed by atoms with van der Waals surface area (Å²) in [4.78, 5) is 12.0. The minimum Gasteiger partial charge on any atom is -0.382 e. The lowest BCUT2D eigenvalue weighted by atomic mass is 9.91. The molecule has 0 aliphatic heterocycles. The molecule has 0 spiro atoms. The van der Waals surface area contributed by atoms with Crippen LogP contribution in [0, 0.1) is 0 Å². The quantitative estimate of drug-likeness (QED) is 0.842. The van der Waals surface area contributed by atoms with Crippen LogP contribution in [-0.2, 0) is 0 Å². The Morgan fingerprint density at radius 1 is 1.00 bits per heavy atom. The fraction of sp³-hybridized carbons (Fsp3) is 0.316. The van der Waals surface area contributed by atoms with Gasteiger partial charge in [-0.1, -0.05) is 62.4 Å². The molecule has 0 aliphatic rings. The molecular formula is C19H22O2. The average Bonchev–Trinajstić information content (AvgIpc) is 2.45. The maximum absolute atomic E-state index is 12.0. The third-order valence-electron chi connectivity index (χ3n) is 3.60. The number of hydrogen-bond acceptors (Lipinski definition) is 2. The van der Waals surface area contributed by atoms with Crippen molar-refractivity contribution >= 4 is 5.78 Å². The molecule has 0 amide bonds. The number of hydrogen-bond donors (Lipinski definition) is 1. The molecule has 1 N–H and O–H groups in total. The summed E-state index contributed by atoms with van der Waals surface area (Å²) in [5.74, 6) is 0.185. The van der Waals surface area contributed by atoms with Crippen LogP contribution in [0.5, 0.6) is 0 Å². The fourth-order valence-corrected chi connectivity index (χ4v) is 2.42. The third-order valence-corrected chi connectivity index (χ3v) is 3.60. The standard InChI is InChI=1S/C19H22O2/c1-13(2)16-7-5-6-8-17(16)14-9-11-15(12-10-14)18(20)19(3,4)21/h5-13,21H,1-4H3. The Labute approximate surface area is 126 Å². The summed E-state index contributed by atoms with van der Waals surface area (Å²) in [6.45, 7) is 7.37. The largest absolute Gasteiger partial charge is 0.382 e. The monoisotopic (exact) mass is 282 g/mol. The Balaban J connectivity index is 2.39. The number of benzene rings is 2. The highest BCUT2D eigenvalue weighted by Gasteiger charge is 2.25. The maximum Gasteiger partial charge on any atom is 0.193 e. The van der Waals surface area contributed by atoms with Crippen molar-refractivity contribution in [2.45, 2.75) is 39.2 Å². The van der Waals surface area contributed by atoms with Crippen molar-refractivity contribution < 1.29 is 9.90 Å². The van der Waals surface area contributed by atoms with E-state index >= 15 is 0 Å². The van der Waals surface area contributed by atoms with Gasteiger partial charge in [0.1, 0.15) is 5.60 Å². The average molecular weight is 282 g/mol. The third kappa shape index (κ3) is 3.40. The molecule has 0 unspecified atom stereocenters. The normalized spacial score (nSPS) is 11.7. The molecule has 0 fully saturated rings. The van der Waals surface area contributed by atoms with Gasteiger partial charge in [0.15, 0.2) is 5.78 Å². The van der Waals surface area contributed by atoms with Crippen molar-refractivity contribution in [3.8, 4) is 11.1 Å². The second kappa shape index (κ2) is 5.82. The Kier molecular flexibility index (Phi) is 4.29. The van der Waals surface area contributed by atoms with E-state index in [1.807, 2.05) is 24.3 Å². The van der Waals surface area contributed by atoms with Crippen LogP contribution in [0.3, 0.4) is 0 Å². The molecule has 0 radical (unpaired) electrons. The lowest BCUT2D eigenvalue weighted by Crippen LogP contribution is -2.30. The summed E-state index contributed by atoms with van der Waals surface area (Å²) < 4.78 is 0. The van der Waals surface area contributed by atoms with Gasteiger partial charge in [0, 0.05) is 5.56 Å². The Hall–Kier alpha value is -1.93. The predicted octanol–water partition coefficient (Wildman–Crippen LogP) is 4.43. The minimum atomic E-state index is -1.34. The van der Waals surface area contributed by atoms with E-state index in [2.05, 4.69) is 26.0 Å². The SMILES string of the molecule is CC(C)c1ccccc1-c1ccc(C(=O)C(C)(C)O)cc1. The molecular weight excluding hydrogens is 260 g/mol. The highest BCUT2D eigenvalue weighted by atomic mass is 16.3. The number of carbonyl (C=O) groups excluding carboxylic acids is 1. The molecule has 21 heavy (non-hydrogen) atoms. The molecule has 2 rings (SSSR count). The van der Waals surface area contributed by atoms with Crippen molar-refractivity contribution in [2.75, 3.05) is 0 Å². The molecule has 110 valence electrons. The van der Waals surface area contributed by atoms with Gasteiger partial charge in [0.05, 0.1) is 0 Å². The minimum absolute atomic E-state index is 0.258.